The first-order valence-electron chi connectivity index (χ1n) is 8.14. The molecule has 0 aliphatic carbocycles. The molecule has 0 radical (unpaired) electrons. The number of piperidine rings is 1. The molecule has 0 saturated carbocycles. The van der Waals surface area contributed by atoms with Crippen molar-refractivity contribution in [2.24, 2.45) is 5.92 Å². The second-order valence-corrected chi connectivity index (χ2v) is 6.03. The number of hydrogen-bond acceptors (Lipinski definition) is 3. The van der Waals surface area contributed by atoms with E-state index in [9.17, 15) is 4.79 Å². The number of ketones is 1. The van der Waals surface area contributed by atoms with Gasteiger partial charge in [0.15, 0.2) is 5.78 Å². The van der Waals surface area contributed by atoms with Crippen LogP contribution < -0.4 is 0 Å². The van der Waals surface area contributed by atoms with Crippen molar-refractivity contribution in [1.82, 2.24) is 4.90 Å². The summed E-state index contributed by atoms with van der Waals surface area (Å²) >= 11 is 0. The highest BCUT2D eigenvalue weighted by molar-refractivity contribution is 5.97. The summed E-state index contributed by atoms with van der Waals surface area (Å²) in [5.41, 5.74) is 0.820. The van der Waals surface area contributed by atoms with E-state index in [-0.39, 0.29) is 11.7 Å². The lowest BCUT2D eigenvalue weighted by Crippen LogP contribution is -2.42. The summed E-state index contributed by atoms with van der Waals surface area (Å²) in [5, 5.41) is 0. The molecule has 3 heteroatoms. The molecule has 2 rings (SSSR count). The zero-order valence-electron chi connectivity index (χ0n) is 13.3. The Morgan fingerprint density at radius 1 is 1.38 bits per heavy atom. The first kappa shape index (κ1) is 16.2. The van der Waals surface area contributed by atoms with Gasteiger partial charge >= 0.3 is 0 Å². The Morgan fingerprint density at radius 3 is 2.86 bits per heavy atom. The van der Waals surface area contributed by atoms with Gasteiger partial charge in [-0.05, 0) is 25.8 Å². The van der Waals surface area contributed by atoms with Crippen LogP contribution in [0.5, 0.6) is 0 Å². The van der Waals surface area contributed by atoms with Crippen molar-refractivity contribution < 1.29 is 9.53 Å². The fourth-order valence-corrected chi connectivity index (χ4v) is 2.96. The summed E-state index contributed by atoms with van der Waals surface area (Å²) in [6, 6.07) is 9.61. The van der Waals surface area contributed by atoms with Gasteiger partial charge in [-0.15, -0.1) is 0 Å². The number of hydrogen-bond donors (Lipinski definition) is 0. The van der Waals surface area contributed by atoms with Gasteiger partial charge in [0.25, 0.3) is 0 Å². The van der Waals surface area contributed by atoms with E-state index in [1.54, 1.807) is 0 Å². The van der Waals surface area contributed by atoms with Crippen LogP contribution in [0.1, 0.15) is 43.5 Å². The average molecular weight is 289 g/mol. The molecular weight excluding hydrogens is 262 g/mol. The number of Topliss-reactive ketones (excluding diaryl/α,β-unsaturated/α-hetero) is 1. The highest BCUT2D eigenvalue weighted by atomic mass is 16.5. The van der Waals surface area contributed by atoms with E-state index in [1.807, 2.05) is 37.3 Å². The largest absolute Gasteiger partial charge is 0.377 e. The Labute approximate surface area is 128 Å². The van der Waals surface area contributed by atoms with Crippen molar-refractivity contribution in [2.45, 2.75) is 39.2 Å². The van der Waals surface area contributed by atoms with Gasteiger partial charge in [-0.1, -0.05) is 44.2 Å². The van der Waals surface area contributed by atoms with Crippen molar-refractivity contribution in [1.29, 1.82) is 0 Å². The minimum absolute atomic E-state index is 0.0392. The Hall–Kier alpha value is -1.19. The minimum atomic E-state index is 0.0392. The Kier molecular flexibility index (Phi) is 6.40. The minimum Gasteiger partial charge on any atom is -0.377 e. The van der Waals surface area contributed by atoms with Gasteiger partial charge in [0.1, 0.15) is 0 Å². The van der Waals surface area contributed by atoms with E-state index < -0.39 is 0 Å². The molecule has 116 valence electrons. The second-order valence-electron chi connectivity index (χ2n) is 6.03. The van der Waals surface area contributed by atoms with Gasteiger partial charge in [0.2, 0.25) is 0 Å². The SMILES string of the molecule is CCCOC1CCCN(CC(C)C(=O)c2ccccc2)C1. The summed E-state index contributed by atoms with van der Waals surface area (Å²) in [4.78, 5) is 14.8. The number of nitrogens with zero attached hydrogens (tertiary/aromatic N) is 1. The third-order valence-electron chi connectivity index (χ3n) is 4.06. The van der Waals surface area contributed by atoms with E-state index in [1.165, 1.54) is 6.42 Å². The fraction of sp³-hybridized carbons (Fsp3) is 0.611. The zero-order chi connectivity index (χ0) is 15.1. The first-order chi connectivity index (χ1) is 10.2. The van der Waals surface area contributed by atoms with Crippen LogP contribution >= 0.6 is 0 Å². The predicted octanol–water partition coefficient (Wildman–Crippen LogP) is 3.40. The highest BCUT2D eigenvalue weighted by Crippen LogP contribution is 2.17. The number of ether oxygens (including phenoxy) is 1. The lowest BCUT2D eigenvalue weighted by atomic mass is 9.97. The van der Waals surface area contributed by atoms with Crippen molar-refractivity contribution in [3.63, 3.8) is 0 Å². The first-order valence-corrected chi connectivity index (χ1v) is 8.14. The van der Waals surface area contributed by atoms with Crippen LogP contribution in [0.2, 0.25) is 0 Å². The molecule has 1 fully saturated rings. The number of benzene rings is 1. The quantitative estimate of drug-likeness (QED) is 0.721. The van der Waals surface area contributed by atoms with Gasteiger partial charge in [-0.25, -0.2) is 0 Å². The molecule has 0 N–H and O–H groups in total. The highest BCUT2D eigenvalue weighted by Gasteiger charge is 2.24. The molecule has 0 bridgehead atoms. The molecule has 2 unspecified atom stereocenters. The summed E-state index contributed by atoms with van der Waals surface area (Å²) in [5.74, 6) is 0.282. The molecule has 3 nitrogen and oxygen atoms in total. The van der Waals surface area contributed by atoms with Crippen molar-refractivity contribution >= 4 is 5.78 Å². The van der Waals surface area contributed by atoms with Crippen molar-refractivity contribution in [3.8, 4) is 0 Å². The number of carbonyl (C=O) groups excluding carboxylic acids is 1. The molecule has 0 spiro atoms. The summed E-state index contributed by atoms with van der Waals surface area (Å²) in [7, 11) is 0. The van der Waals surface area contributed by atoms with Crippen LogP contribution in [0.15, 0.2) is 30.3 Å². The summed E-state index contributed by atoms with van der Waals surface area (Å²) < 4.78 is 5.86. The Morgan fingerprint density at radius 2 is 2.14 bits per heavy atom. The molecule has 0 amide bonds. The maximum absolute atomic E-state index is 12.4. The van der Waals surface area contributed by atoms with E-state index in [0.717, 1.165) is 44.6 Å². The molecule has 21 heavy (non-hydrogen) atoms. The monoisotopic (exact) mass is 289 g/mol. The lowest BCUT2D eigenvalue weighted by molar-refractivity contribution is -0.00282. The van der Waals surface area contributed by atoms with Crippen LogP contribution in [0.4, 0.5) is 0 Å². The predicted molar refractivity (Wildman–Crippen MR) is 85.6 cm³/mol. The number of likely N-dealkylation sites (tertiary alicyclic amines) is 1. The van der Waals surface area contributed by atoms with Crippen LogP contribution in [-0.4, -0.2) is 43.0 Å². The lowest BCUT2D eigenvalue weighted by Gasteiger charge is -2.33. The number of rotatable bonds is 7. The van der Waals surface area contributed by atoms with Gasteiger partial charge in [0.05, 0.1) is 6.10 Å². The van der Waals surface area contributed by atoms with Gasteiger partial charge < -0.3 is 9.64 Å². The van der Waals surface area contributed by atoms with Crippen LogP contribution in [0.3, 0.4) is 0 Å². The zero-order valence-corrected chi connectivity index (χ0v) is 13.3. The van der Waals surface area contributed by atoms with Crippen LogP contribution in [0, 0.1) is 5.92 Å². The van der Waals surface area contributed by atoms with Crippen molar-refractivity contribution in [3.05, 3.63) is 35.9 Å². The molecule has 1 aliphatic rings. The fourth-order valence-electron chi connectivity index (χ4n) is 2.96. The standard InChI is InChI=1S/C18H27NO2/c1-3-12-21-17-10-7-11-19(14-17)13-15(2)18(20)16-8-5-4-6-9-16/h4-6,8-9,15,17H,3,7,10-14H2,1-2H3. The molecule has 1 aromatic rings. The molecule has 1 aromatic carbocycles. The maximum Gasteiger partial charge on any atom is 0.166 e. The van der Waals surface area contributed by atoms with Crippen molar-refractivity contribution in [2.75, 3.05) is 26.2 Å². The van der Waals surface area contributed by atoms with Gasteiger partial charge in [-0.3, -0.25) is 4.79 Å². The van der Waals surface area contributed by atoms with E-state index in [0.29, 0.717) is 6.10 Å². The third-order valence-corrected chi connectivity index (χ3v) is 4.06. The number of carbonyl (C=O) groups is 1. The van der Waals surface area contributed by atoms with E-state index >= 15 is 0 Å². The Bertz CT molecular complexity index is 432. The molecule has 1 saturated heterocycles. The molecule has 1 aliphatic heterocycles. The van der Waals surface area contributed by atoms with E-state index in [2.05, 4.69) is 11.8 Å². The van der Waals surface area contributed by atoms with Crippen LogP contribution in [-0.2, 0) is 4.74 Å². The van der Waals surface area contributed by atoms with E-state index in [4.69, 9.17) is 4.74 Å². The Balaban J connectivity index is 1.84. The smallest absolute Gasteiger partial charge is 0.166 e. The maximum atomic E-state index is 12.4. The normalized spacial score (nSPS) is 21.1. The average Bonchev–Trinajstić information content (AvgIpc) is 2.53. The molecule has 1 heterocycles. The molecule has 2 atom stereocenters. The van der Waals surface area contributed by atoms with Crippen LogP contribution in [0.25, 0.3) is 0 Å². The third kappa shape index (κ3) is 4.94. The molecular formula is C18H27NO2. The topological polar surface area (TPSA) is 29.5 Å². The van der Waals surface area contributed by atoms with Gasteiger partial charge in [0, 0.05) is 31.2 Å². The second kappa shape index (κ2) is 8.30. The van der Waals surface area contributed by atoms with Gasteiger partial charge in [-0.2, -0.15) is 0 Å². The molecule has 0 aromatic heterocycles. The summed E-state index contributed by atoms with van der Waals surface area (Å²) in [6.07, 6.45) is 3.73. The summed E-state index contributed by atoms with van der Waals surface area (Å²) in [6.45, 7) is 7.90.